The summed E-state index contributed by atoms with van der Waals surface area (Å²) < 4.78 is 17.1. The Bertz CT molecular complexity index is 979. The van der Waals surface area contributed by atoms with Crippen molar-refractivity contribution in [3.63, 3.8) is 0 Å². The van der Waals surface area contributed by atoms with E-state index < -0.39 is 6.10 Å². The first-order valence-electron chi connectivity index (χ1n) is 11.8. The van der Waals surface area contributed by atoms with Crippen molar-refractivity contribution in [3.8, 4) is 11.5 Å². The maximum Gasteiger partial charge on any atom is 0.121 e. The Morgan fingerprint density at radius 2 is 1.73 bits per heavy atom. The topological polar surface area (TPSA) is 85.7 Å². The number of hydrogen-bond acceptors (Lipinski definition) is 7. The Labute approximate surface area is 195 Å². The number of aliphatic hydroxyl groups is 1. The molecule has 1 fully saturated rings. The summed E-state index contributed by atoms with van der Waals surface area (Å²) in [4.78, 5) is 8.52. The van der Waals surface area contributed by atoms with Crippen molar-refractivity contribution >= 4 is 11.0 Å². The van der Waals surface area contributed by atoms with Crippen LogP contribution in [0.4, 0.5) is 0 Å². The number of nitrogens with zero attached hydrogens (tertiary/aromatic N) is 2. The number of benzene rings is 2. The molecule has 2 N–H and O–H groups in total. The molecule has 1 aliphatic carbocycles. The highest BCUT2D eigenvalue weighted by Gasteiger charge is 2.20. The van der Waals surface area contributed by atoms with Gasteiger partial charge < -0.3 is 24.6 Å². The predicted octanol–water partition coefficient (Wildman–Crippen LogP) is 3.40. The first-order chi connectivity index (χ1) is 16.3. The number of rotatable bonds is 15. The molecule has 3 aromatic rings. The molecular weight excluding hydrogens is 418 g/mol. The molecule has 1 saturated carbocycles. The number of nitrogens with one attached hydrogen (secondary N) is 1. The molecule has 1 atom stereocenters. The molecule has 1 heterocycles. The minimum Gasteiger partial charge on any atom is -0.492 e. The van der Waals surface area contributed by atoms with Gasteiger partial charge in [-0.1, -0.05) is 12.1 Å². The smallest absolute Gasteiger partial charge is 0.121 e. The first-order valence-corrected chi connectivity index (χ1v) is 11.8. The summed E-state index contributed by atoms with van der Waals surface area (Å²) in [7, 11) is 0. The van der Waals surface area contributed by atoms with Crippen molar-refractivity contribution in [1.29, 1.82) is 0 Å². The van der Waals surface area contributed by atoms with Crippen LogP contribution in [0.3, 0.4) is 0 Å². The monoisotopic (exact) mass is 451 g/mol. The maximum absolute atomic E-state index is 10.2. The third-order valence-electron chi connectivity index (χ3n) is 5.54. The van der Waals surface area contributed by atoms with E-state index in [-0.39, 0.29) is 6.61 Å². The van der Waals surface area contributed by atoms with Crippen LogP contribution in [-0.2, 0) is 11.2 Å². The fourth-order valence-corrected chi connectivity index (χ4v) is 3.46. The van der Waals surface area contributed by atoms with Gasteiger partial charge in [0.2, 0.25) is 0 Å². The Balaban J connectivity index is 1.05. The minimum atomic E-state index is -0.593. The Morgan fingerprint density at radius 1 is 0.939 bits per heavy atom. The number of ether oxygens (including phenoxy) is 3. The van der Waals surface area contributed by atoms with Crippen molar-refractivity contribution < 1.29 is 19.3 Å². The number of aliphatic hydroxyl groups excluding tert-OH is 1. The van der Waals surface area contributed by atoms with Crippen molar-refractivity contribution in [2.24, 2.45) is 5.92 Å². The molecular formula is C26H33N3O4. The number of hydrogen-bond donors (Lipinski definition) is 2. The SMILES string of the molecule is O[C@@H](CNCCOc1ccc2nccnc2c1)COc1ccc(CCCOCC2CC2)cc1. The van der Waals surface area contributed by atoms with Crippen molar-refractivity contribution in [2.45, 2.75) is 31.8 Å². The van der Waals surface area contributed by atoms with Crippen LogP contribution < -0.4 is 14.8 Å². The fourth-order valence-electron chi connectivity index (χ4n) is 3.46. The van der Waals surface area contributed by atoms with Gasteiger partial charge in [0, 0.05) is 44.8 Å². The van der Waals surface area contributed by atoms with E-state index in [0.29, 0.717) is 19.7 Å². The van der Waals surface area contributed by atoms with Gasteiger partial charge in [0.25, 0.3) is 0 Å². The zero-order valence-corrected chi connectivity index (χ0v) is 19.0. The summed E-state index contributed by atoms with van der Waals surface area (Å²) in [5.41, 5.74) is 2.92. The van der Waals surface area contributed by atoms with Gasteiger partial charge in [-0.3, -0.25) is 9.97 Å². The molecule has 7 nitrogen and oxygen atoms in total. The normalized spacial score (nSPS) is 14.3. The minimum absolute atomic E-state index is 0.242. The lowest BCUT2D eigenvalue weighted by Gasteiger charge is -2.14. The van der Waals surface area contributed by atoms with E-state index in [1.165, 1.54) is 18.4 Å². The van der Waals surface area contributed by atoms with E-state index >= 15 is 0 Å². The van der Waals surface area contributed by atoms with E-state index in [2.05, 4.69) is 27.4 Å². The quantitative estimate of drug-likeness (QED) is 0.343. The standard InChI is InChI=1S/C26H33N3O4/c30-22(17-27-13-15-32-24-9-10-25-26(16-24)29-12-11-28-25)19-33-23-7-5-20(6-8-23)2-1-14-31-18-21-3-4-21/h5-12,16,21-22,27,30H,1-4,13-15,17-19H2/t22-/m0/s1. The van der Waals surface area contributed by atoms with Crippen molar-refractivity contribution in [3.05, 3.63) is 60.4 Å². The van der Waals surface area contributed by atoms with Gasteiger partial charge >= 0.3 is 0 Å². The molecule has 4 rings (SSSR count). The van der Waals surface area contributed by atoms with Gasteiger partial charge in [0.15, 0.2) is 0 Å². The summed E-state index contributed by atoms with van der Waals surface area (Å²) in [6.07, 6.45) is 7.46. The molecule has 33 heavy (non-hydrogen) atoms. The average molecular weight is 452 g/mol. The molecule has 0 saturated heterocycles. The molecule has 1 aliphatic rings. The van der Waals surface area contributed by atoms with Gasteiger partial charge in [0.05, 0.1) is 11.0 Å². The highest BCUT2D eigenvalue weighted by Crippen LogP contribution is 2.28. The summed E-state index contributed by atoms with van der Waals surface area (Å²) in [5, 5.41) is 13.3. The van der Waals surface area contributed by atoms with Crippen LogP contribution in [0.25, 0.3) is 11.0 Å². The van der Waals surface area contributed by atoms with Crippen LogP contribution in [0.2, 0.25) is 0 Å². The summed E-state index contributed by atoms with van der Waals surface area (Å²) in [6.45, 7) is 3.55. The largest absolute Gasteiger partial charge is 0.492 e. The molecule has 0 amide bonds. The second-order valence-electron chi connectivity index (χ2n) is 8.49. The molecule has 0 spiro atoms. The van der Waals surface area contributed by atoms with Crippen molar-refractivity contribution in [1.82, 2.24) is 15.3 Å². The lowest BCUT2D eigenvalue weighted by Crippen LogP contribution is -2.33. The third-order valence-corrected chi connectivity index (χ3v) is 5.54. The van der Waals surface area contributed by atoms with Crippen molar-refractivity contribution in [2.75, 3.05) is 39.5 Å². The Morgan fingerprint density at radius 3 is 2.55 bits per heavy atom. The van der Waals surface area contributed by atoms with E-state index in [1.807, 2.05) is 30.3 Å². The van der Waals surface area contributed by atoms with E-state index in [1.54, 1.807) is 12.4 Å². The molecule has 0 bridgehead atoms. The first kappa shape index (κ1) is 23.4. The summed E-state index contributed by atoms with van der Waals surface area (Å²) in [6, 6.07) is 13.7. The lowest BCUT2D eigenvalue weighted by atomic mass is 10.1. The van der Waals surface area contributed by atoms with E-state index in [4.69, 9.17) is 14.2 Å². The number of aromatic nitrogens is 2. The van der Waals surface area contributed by atoms with E-state index in [0.717, 1.165) is 54.5 Å². The zero-order valence-electron chi connectivity index (χ0n) is 19.0. The molecule has 7 heteroatoms. The van der Waals surface area contributed by atoms with Crippen LogP contribution in [-0.4, -0.2) is 60.7 Å². The van der Waals surface area contributed by atoms with E-state index in [9.17, 15) is 5.11 Å². The van der Waals surface area contributed by atoms with Crippen LogP contribution in [0.1, 0.15) is 24.8 Å². The Hall–Kier alpha value is -2.74. The second kappa shape index (κ2) is 12.5. The zero-order chi connectivity index (χ0) is 22.7. The molecule has 1 aromatic heterocycles. The molecule has 2 aromatic carbocycles. The molecule has 176 valence electrons. The van der Waals surface area contributed by atoms with Gasteiger partial charge in [-0.25, -0.2) is 0 Å². The van der Waals surface area contributed by atoms with Gasteiger partial charge in [-0.05, 0) is 61.4 Å². The second-order valence-corrected chi connectivity index (χ2v) is 8.49. The Kier molecular flexibility index (Phi) is 8.86. The summed E-state index contributed by atoms with van der Waals surface area (Å²) >= 11 is 0. The highest BCUT2D eigenvalue weighted by atomic mass is 16.5. The predicted molar refractivity (Wildman–Crippen MR) is 128 cm³/mol. The molecule has 0 unspecified atom stereocenters. The van der Waals surface area contributed by atoms with Crippen LogP contribution in [0.15, 0.2) is 54.9 Å². The highest BCUT2D eigenvalue weighted by molar-refractivity contribution is 5.75. The summed E-state index contributed by atoms with van der Waals surface area (Å²) in [5.74, 6) is 2.35. The number of fused-ring (bicyclic) bond motifs is 1. The fraction of sp³-hybridized carbons (Fsp3) is 0.462. The van der Waals surface area contributed by atoms with Gasteiger partial charge in [0.1, 0.15) is 30.8 Å². The van der Waals surface area contributed by atoms with Gasteiger partial charge in [-0.2, -0.15) is 0 Å². The average Bonchev–Trinajstić information content (AvgIpc) is 3.67. The van der Waals surface area contributed by atoms with Crippen LogP contribution in [0.5, 0.6) is 11.5 Å². The number of aryl methyl sites for hydroxylation is 1. The van der Waals surface area contributed by atoms with Crippen LogP contribution >= 0.6 is 0 Å². The third kappa shape index (κ3) is 8.28. The lowest BCUT2D eigenvalue weighted by molar-refractivity contribution is 0.105. The molecule has 0 aliphatic heterocycles. The van der Waals surface area contributed by atoms with Crippen LogP contribution in [0, 0.1) is 5.92 Å². The van der Waals surface area contributed by atoms with Gasteiger partial charge in [-0.15, -0.1) is 0 Å². The molecule has 0 radical (unpaired) electrons. The maximum atomic E-state index is 10.2.